The number of benzene rings is 1. The molecule has 0 radical (unpaired) electrons. The summed E-state index contributed by atoms with van der Waals surface area (Å²) in [6.45, 7) is 3.80. The number of rotatable bonds is 4. The van der Waals surface area contributed by atoms with Crippen LogP contribution in [0.15, 0.2) is 30.6 Å². The molecule has 0 unspecified atom stereocenters. The van der Waals surface area contributed by atoms with E-state index < -0.39 is 0 Å². The first kappa shape index (κ1) is 19.6. The fourth-order valence-electron chi connectivity index (χ4n) is 3.76. The van der Waals surface area contributed by atoms with Crippen LogP contribution in [0.25, 0.3) is 10.1 Å². The number of fused-ring (bicyclic) bond motifs is 1. The summed E-state index contributed by atoms with van der Waals surface area (Å²) >= 11 is 1.43. The molecule has 1 saturated heterocycles. The Morgan fingerprint density at radius 3 is 2.76 bits per heavy atom. The monoisotopic (exact) mass is 414 g/mol. The molecule has 0 saturated carbocycles. The molecule has 1 aliphatic heterocycles. The Bertz CT molecular complexity index is 1070. The van der Waals surface area contributed by atoms with Crippen LogP contribution in [0.5, 0.6) is 0 Å². The maximum Gasteiger partial charge on any atom is 0.264 e. The molecule has 1 aromatic carbocycles. The number of aryl methyl sites for hydroxylation is 2. The Morgan fingerprint density at radius 2 is 2.07 bits per heavy atom. The Kier molecular flexibility index (Phi) is 5.36. The lowest BCUT2D eigenvalue weighted by Gasteiger charge is -2.32. The number of carbonyl (C=O) groups is 2. The Hall–Kier alpha value is -2.74. The maximum absolute atomic E-state index is 13.5. The first-order valence-electron chi connectivity index (χ1n) is 9.67. The number of piperidine rings is 1. The van der Waals surface area contributed by atoms with E-state index >= 15 is 0 Å². The molecular formula is C21H23FN4O2S. The molecule has 1 aliphatic rings. The van der Waals surface area contributed by atoms with Crippen molar-refractivity contribution in [3.8, 4) is 0 Å². The van der Waals surface area contributed by atoms with Crippen LogP contribution in [0.4, 0.5) is 4.39 Å². The zero-order chi connectivity index (χ0) is 20.5. The van der Waals surface area contributed by atoms with Gasteiger partial charge in [-0.2, -0.15) is 5.10 Å². The molecule has 3 aromatic rings. The van der Waals surface area contributed by atoms with Crippen LogP contribution in [0.2, 0.25) is 0 Å². The Labute approximate surface area is 172 Å². The number of halogens is 1. The van der Waals surface area contributed by atoms with Crippen molar-refractivity contribution in [2.75, 3.05) is 19.6 Å². The highest BCUT2D eigenvalue weighted by Gasteiger charge is 2.26. The number of nitrogens with zero attached hydrogens (tertiary/aromatic N) is 3. The summed E-state index contributed by atoms with van der Waals surface area (Å²) in [5, 5.41) is 7.78. The molecule has 0 bridgehead atoms. The van der Waals surface area contributed by atoms with Crippen LogP contribution in [0.1, 0.15) is 38.4 Å². The van der Waals surface area contributed by atoms with Crippen LogP contribution >= 0.6 is 11.3 Å². The SMILES string of the molecule is Cc1c(C(=O)N2CCC(CNC(=O)c3cnn(C)c3)CC2)sc2ccc(F)cc12. The van der Waals surface area contributed by atoms with Crippen molar-refractivity contribution in [3.63, 3.8) is 0 Å². The second-order valence-corrected chi connectivity index (χ2v) is 8.60. The van der Waals surface area contributed by atoms with Crippen molar-refractivity contribution in [1.29, 1.82) is 0 Å². The normalized spacial score (nSPS) is 15.1. The van der Waals surface area contributed by atoms with E-state index in [4.69, 9.17) is 0 Å². The van der Waals surface area contributed by atoms with Gasteiger partial charge >= 0.3 is 0 Å². The van der Waals surface area contributed by atoms with Gasteiger partial charge in [0, 0.05) is 37.6 Å². The summed E-state index contributed by atoms with van der Waals surface area (Å²) in [5.74, 6) is -0.0458. The first-order chi connectivity index (χ1) is 13.9. The standard InChI is InChI=1S/C21H23FN4O2S/c1-13-17-9-16(22)3-4-18(17)29-19(13)21(28)26-7-5-14(6-8-26)10-23-20(27)15-11-24-25(2)12-15/h3-4,9,11-12,14H,5-8,10H2,1-2H3,(H,23,27). The molecule has 1 N–H and O–H groups in total. The van der Waals surface area contributed by atoms with E-state index in [1.54, 1.807) is 30.2 Å². The largest absolute Gasteiger partial charge is 0.352 e. The van der Waals surface area contributed by atoms with Crippen LogP contribution in [-0.2, 0) is 7.05 Å². The van der Waals surface area contributed by atoms with Gasteiger partial charge in [-0.1, -0.05) is 0 Å². The average Bonchev–Trinajstić information content (AvgIpc) is 3.30. The maximum atomic E-state index is 13.5. The molecule has 4 rings (SSSR count). The van der Waals surface area contributed by atoms with Crippen molar-refractivity contribution < 1.29 is 14.0 Å². The molecule has 0 aliphatic carbocycles. The smallest absolute Gasteiger partial charge is 0.264 e. The number of nitrogens with one attached hydrogen (secondary N) is 1. The first-order valence-corrected chi connectivity index (χ1v) is 10.5. The molecule has 2 aromatic heterocycles. The van der Waals surface area contributed by atoms with Crippen molar-refractivity contribution in [3.05, 3.63) is 52.4 Å². The minimum atomic E-state index is -0.286. The third kappa shape index (κ3) is 4.03. The van der Waals surface area contributed by atoms with E-state index in [0.29, 0.717) is 36.0 Å². The third-order valence-corrected chi connectivity index (χ3v) is 6.77. The average molecular weight is 415 g/mol. The molecule has 8 heteroatoms. The second-order valence-electron chi connectivity index (χ2n) is 7.54. The van der Waals surface area contributed by atoms with E-state index in [0.717, 1.165) is 28.5 Å². The van der Waals surface area contributed by atoms with Crippen LogP contribution < -0.4 is 5.32 Å². The van der Waals surface area contributed by atoms with Gasteiger partial charge in [0.25, 0.3) is 11.8 Å². The number of aromatic nitrogens is 2. The number of carbonyl (C=O) groups excluding carboxylic acids is 2. The van der Waals surface area contributed by atoms with Gasteiger partial charge in [-0.05, 0) is 54.8 Å². The predicted molar refractivity (Wildman–Crippen MR) is 111 cm³/mol. The third-order valence-electron chi connectivity index (χ3n) is 5.51. The highest BCUT2D eigenvalue weighted by Crippen LogP contribution is 2.33. The molecule has 152 valence electrons. The van der Waals surface area contributed by atoms with Crippen molar-refractivity contribution in [2.45, 2.75) is 19.8 Å². The van der Waals surface area contributed by atoms with Gasteiger partial charge in [0.15, 0.2) is 0 Å². The minimum Gasteiger partial charge on any atom is -0.352 e. The molecule has 0 spiro atoms. The molecule has 29 heavy (non-hydrogen) atoms. The predicted octanol–water partition coefficient (Wildman–Crippen LogP) is 3.36. The molecule has 2 amide bonds. The lowest BCUT2D eigenvalue weighted by atomic mass is 9.96. The highest BCUT2D eigenvalue weighted by atomic mass is 32.1. The molecular weight excluding hydrogens is 391 g/mol. The van der Waals surface area contributed by atoms with Gasteiger partial charge in [-0.3, -0.25) is 14.3 Å². The van der Waals surface area contributed by atoms with Gasteiger partial charge in [0.05, 0.1) is 16.6 Å². The quantitative estimate of drug-likeness (QED) is 0.712. The molecule has 6 nitrogen and oxygen atoms in total. The summed E-state index contributed by atoms with van der Waals surface area (Å²) in [5.41, 5.74) is 1.40. The topological polar surface area (TPSA) is 67.2 Å². The van der Waals surface area contributed by atoms with Crippen molar-refractivity contribution in [2.24, 2.45) is 13.0 Å². The van der Waals surface area contributed by atoms with Gasteiger partial charge < -0.3 is 10.2 Å². The van der Waals surface area contributed by atoms with Crippen molar-refractivity contribution in [1.82, 2.24) is 20.0 Å². The van der Waals surface area contributed by atoms with Gasteiger partial charge in [0.1, 0.15) is 5.82 Å². The summed E-state index contributed by atoms with van der Waals surface area (Å²) in [6.07, 6.45) is 4.93. The molecule has 3 heterocycles. The highest BCUT2D eigenvalue weighted by molar-refractivity contribution is 7.21. The van der Waals surface area contributed by atoms with Gasteiger partial charge in [-0.25, -0.2) is 4.39 Å². The number of likely N-dealkylation sites (tertiary alicyclic amines) is 1. The Morgan fingerprint density at radius 1 is 1.31 bits per heavy atom. The van der Waals surface area contributed by atoms with Crippen LogP contribution in [0, 0.1) is 18.7 Å². The number of hydrogen-bond acceptors (Lipinski definition) is 4. The Balaban J connectivity index is 1.34. The lowest BCUT2D eigenvalue weighted by Crippen LogP contribution is -2.41. The van der Waals surface area contributed by atoms with E-state index in [2.05, 4.69) is 10.4 Å². The van der Waals surface area contributed by atoms with Crippen LogP contribution in [0.3, 0.4) is 0 Å². The van der Waals surface area contributed by atoms with E-state index in [-0.39, 0.29) is 17.6 Å². The number of thiophene rings is 1. The second kappa shape index (κ2) is 7.94. The van der Waals surface area contributed by atoms with E-state index in [1.165, 1.54) is 23.5 Å². The lowest BCUT2D eigenvalue weighted by molar-refractivity contribution is 0.0688. The van der Waals surface area contributed by atoms with Gasteiger partial charge in [-0.15, -0.1) is 11.3 Å². The summed E-state index contributed by atoms with van der Waals surface area (Å²) in [6, 6.07) is 4.66. The van der Waals surface area contributed by atoms with E-state index in [1.807, 2.05) is 11.8 Å². The summed E-state index contributed by atoms with van der Waals surface area (Å²) < 4.78 is 16.1. The number of amides is 2. The summed E-state index contributed by atoms with van der Waals surface area (Å²) in [4.78, 5) is 27.7. The summed E-state index contributed by atoms with van der Waals surface area (Å²) in [7, 11) is 1.78. The fourth-order valence-corrected chi connectivity index (χ4v) is 4.92. The zero-order valence-electron chi connectivity index (χ0n) is 16.4. The number of hydrogen-bond donors (Lipinski definition) is 1. The van der Waals surface area contributed by atoms with Crippen LogP contribution in [-0.4, -0.2) is 46.1 Å². The van der Waals surface area contributed by atoms with E-state index in [9.17, 15) is 14.0 Å². The fraction of sp³-hybridized carbons (Fsp3) is 0.381. The molecule has 0 atom stereocenters. The van der Waals surface area contributed by atoms with Crippen molar-refractivity contribution >= 4 is 33.2 Å². The zero-order valence-corrected chi connectivity index (χ0v) is 17.3. The molecule has 1 fully saturated rings. The minimum absolute atomic E-state index is 0.0157. The van der Waals surface area contributed by atoms with Gasteiger partial charge in [0.2, 0.25) is 0 Å².